The van der Waals surface area contributed by atoms with E-state index in [0.29, 0.717) is 29.7 Å². The lowest BCUT2D eigenvalue weighted by atomic mass is 9.95. The predicted molar refractivity (Wildman–Crippen MR) is 108 cm³/mol. The lowest BCUT2D eigenvalue weighted by molar-refractivity contribution is -0.136. The molecule has 0 radical (unpaired) electrons. The van der Waals surface area contributed by atoms with E-state index in [1.165, 1.54) is 0 Å². The number of carbonyl (C=O) groups is 2. The molecule has 0 spiro atoms. The van der Waals surface area contributed by atoms with Crippen molar-refractivity contribution >= 4 is 11.8 Å². The van der Waals surface area contributed by atoms with E-state index in [-0.39, 0.29) is 24.6 Å². The van der Waals surface area contributed by atoms with Crippen molar-refractivity contribution in [2.75, 3.05) is 0 Å². The molecule has 2 aromatic rings. The number of carboxylic acids is 1. The maximum Gasteiger partial charge on any atom is 0.307 e. The van der Waals surface area contributed by atoms with E-state index in [9.17, 15) is 14.7 Å². The monoisotopic (exact) mass is 384 g/mol. The molecule has 5 nitrogen and oxygen atoms in total. The molecule has 0 heterocycles. The summed E-state index contributed by atoms with van der Waals surface area (Å²) in [7, 11) is 0. The molecule has 0 saturated carbocycles. The second kappa shape index (κ2) is 10.5. The number of aliphatic carboxylic acids is 1. The van der Waals surface area contributed by atoms with Crippen molar-refractivity contribution < 1.29 is 24.5 Å². The highest BCUT2D eigenvalue weighted by atomic mass is 16.5. The topological polar surface area (TPSA) is 83.8 Å². The number of phenolic OH excluding ortho intramolecular Hbond substituents is 1. The zero-order chi connectivity index (χ0) is 20.5. The Bertz CT molecular complexity index is 808. The van der Waals surface area contributed by atoms with Gasteiger partial charge >= 0.3 is 5.97 Å². The zero-order valence-corrected chi connectivity index (χ0v) is 16.5. The first-order valence-electron chi connectivity index (χ1n) is 9.76. The fourth-order valence-corrected chi connectivity index (χ4v) is 3.08. The fourth-order valence-electron chi connectivity index (χ4n) is 3.08. The van der Waals surface area contributed by atoms with Crippen LogP contribution in [-0.4, -0.2) is 22.0 Å². The quantitative estimate of drug-likeness (QED) is 0.537. The maximum atomic E-state index is 12.3. The third-order valence-electron chi connectivity index (χ3n) is 4.61. The summed E-state index contributed by atoms with van der Waals surface area (Å²) in [5.41, 5.74) is 2.70. The highest BCUT2D eigenvalue weighted by Crippen LogP contribution is 2.30. The van der Waals surface area contributed by atoms with Crippen LogP contribution in [0.2, 0.25) is 0 Å². The van der Waals surface area contributed by atoms with Crippen LogP contribution in [0.3, 0.4) is 0 Å². The molecule has 150 valence electrons. The van der Waals surface area contributed by atoms with Crippen LogP contribution in [0.5, 0.6) is 11.5 Å². The summed E-state index contributed by atoms with van der Waals surface area (Å²) >= 11 is 0. The summed E-state index contributed by atoms with van der Waals surface area (Å²) in [6.45, 7) is 4.33. The largest absolute Gasteiger partial charge is 0.507 e. The lowest BCUT2D eigenvalue weighted by Crippen LogP contribution is -2.06. The van der Waals surface area contributed by atoms with Gasteiger partial charge in [-0.2, -0.15) is 0 Å². The molecule has 0 aliphatic carbocycles. The van der Waals surface area contributed by atoms with E-state index >= 15 is 0 Å². The van der Waals surface area contributed by atoms with Crippen LogP contribution in [0, 0.1) is 0 Å². The number of phenols is 1. The average Bonchev–Trinajstić information content (AvgIpc) is 2.67. The molecule has 0 bridgehead atoms. The Kier molecular flexibility index (Phi) is 8.05. The van der Waals surface area contributed by atoms with Gasteiger partial charge in [0.2, 0.25) is 0 Å². The Morgan fingerprint density at radius 1 is 1.00 bits per heavy atom. The number of rotatable bonds is 11. The molecule has 2 aromatic carbocycles. The van der Waals surface area contributed by atoms with E-state index in [1.807, 2.05) is 19.9 Å². The number of hydrogen-bond donors (Lipinski definition) is 2. The van der Waals surface area contributed by atoms with E-state index in [1.54, 1.807) is 30.3 Å². The number of carboxylic acid groups (broad SMARTS) is 1. The van der Waals surface area contributed by atoms with Crippen LogP contribution < -0.4 is 4.74 Å². The Balaban J connectivity index is 2.15. The molecule has 5 heteroatoms. The number of ether oxygens (including phenoxy) is 1. The van der Waals surface area contributed by atoms with Gasteiger partial charge in [0.15, 0.2) is 5.78 Å². The molecule has 2 N–H and O–H groups in total. The van der Waals surface area contributed by atoms with Crippen molar-refractivity contribution in [3.63, 3.8) is 0 Å². The summed E-state index contributed by atoms with van der Waals surface area (Å²) in [5.74, 6) is -0.208. The summed E-state index contributed by atoms with van der Waals surface area (Å²) in [6.07, 6.45) is 3.67. The smallest absolute Gasteiger partial charge is 0.307 e. The highest BCUT2D eigenvalue weighted by molar-refractivity contribution is 5.99. The zero-order valence-electron chi connectivity index (χ0n) is 16.5. The van der Waals surface area contributed by atoms with Gasteiger partial charge in [-0.25, -0.2) is 0 Å². The summed E-state index contributed by atoms with van der Waals surface area (Å²) in [6, 6.07) is 10.5. The molecule has 0 fully saturated rings. The summed E-state index contributed by atoms with van der Waals surface area (Å²) < 4.78 is 5.82. The van der Waals surface area contributed by atoms with Crippen molar-refractivity contribution in [2.24, 2.45) is 0 Å². The molecular formula is C23H28O5. The average molecular weight is 384 g/mol. The molecule has 0 saturated heterocycles. The molecule has 0 unspecified atom stereocenters. The Hall–Kier alpha value is -2.82. The number of benzene rings is 2. The number of aromatic hydroxyl groups is 1. The van der Waals surface area contributed by atoms with Crippen molar-refractivity contribution in [1.29, 1.82) is 0 Å². The number of hydrogen-bond acceptors (Lipinski definition) is 4. The first-order valence-corrected chi connectivity index (χ1v) is 9.76. The fraction of sp³-hybridized carbons (Fsp3) is 0.391. The van der Waals surface area contributed by atoms with Crippen molar-refractivity contribution in [2.45, 2.75) is 59.0 Å². The lowest BCUT2D eigenvalue weighted by Gasteiger charge is -2.15. The standard InChI is InChI=1S/C23H28O5/c1-3-5-7-21(24)20-13-10-17(19(6-4-2)23(20)27)15-28-18-11-8-16(9-12-18)14-22(25)26/h8-13,27H,3-7,14-15H2,1-2H3,(H,25,26). The molecule has 0 atom stereocenters. The van der Waals surface area contributed by atoms with Gasteiger partial charge in [-0.3, -0.25) is 9.59 Å². The van der Waals surface area contributed by atoms with Crippen LogP contribution in [0.1, 0.15) is 66.6 Å². The summed E-state index contributed by atoms with van der Waals surface area (Å²) in [5, 5.41) is 19.5. The number of ketones is 1. The number of carbonyl (C=O) groups excluding carboxylic acids is 1. The Morgan fingerprint density at radius 3 is 2.32 bits per heavy atom. The van der Waals surface area contributed by atoms with Crippen molar-refractivity contribution in [1.82, 2.24) is 0 Å². The van der Waals surface area contributed by atoms with E-state index in [0.717, 1.165) is 30.4 Å². The van der Waals surface area contributed by atoms with Gasteiger partial charge in [0.1, 0.15) is 18.1 Å². The van der Waals surface area contributed by atoms with Gasteiger partial charge in [0, 0.05) is 12.0 Å². The minimum absolute atomic E-state index is 0.0255. The molecule has 28 heavy (non-hydrogen) atoms. The molecule has 0 aromatic heterocycles. The van der Waals surface area contributed by atoms with Gasteiger partial charge in [-0.1, -0.05) is 44.9 Å². The van der Waals surface area contributed by atoms with E-state index in [2.05, 4.69) is 0 Å². The summed E-state index contributed by atoms with van der Waals surface area (Å²) in [4.78, 5) is 23.1. The highest BCUT2D eigenvalue weighted by Gasteiger charge is 2.17. The van der Waals surface area contributed by atoms with Gasteiger partial charge in [0.05, 0.1) is 12.0 Å². The van der Waals surface area contributed by atoms with E-state index < -0.39 is 5.97 Å². The second-order valence-corrected chi connectivity index (χ2v) is 6.88. The normalized spacial score (nSPS) is 10.6. The van der Waals surface area contributed by atoms with Crippen LogP contribution >= 0.6 is 0 Å². The molecule has 0 aliphatic rings. The van der Waals surface area contributed by atoms with Crippen LogP contribution in [0.15, 0.2) is 36.4 Å². The van der Waals surface area contributed by atoms with Crippen molar-refractivity contribution in [3.8, 4) is 11.5 Å². The van der Waals surface area contributed by atoms with Gasteiger partial charge in [0.25, 0.3) is 0 Å². The Morgan fingerprint density at radius 2 is 1.71 bits per heavy atom. The SMILES string of the molecule is CCCCC(=O)c1ccc(COc2ccc(CC(=O)O)cc2)c(CCC)c1O. The minimum atomic E-state index is -0.873. The van der Waals surface area contributed by atoms with Crippen molar-refractivity contribution in [3.05, 3.63) is 58.7 Å². The van der Waals surface area contributed by atoms with Gasteiger partial charge in [-0.15, -0.1) is 0 Å². The number of Topliss-reactive ketones (excluding diaryl/α,β-unsaturated/α-hetero) is 1. The third-order valence-corrected chi connectivity index (χ3v) is 4.61. The van der Waals surface area contributed by atoms with Crippen LogP contribution in [-0.2, 0) is 24.2 Å². The van der Waals surface area contributed by atoms with Crippen LogP contribution in [0.4, 0.5) is 0 Å². The third kappa shape index (κ3) is 5.84. The van der Waals surface area contributed by atoms with Crippen LogP contribution in [0.25, 0.3) is 0 Å². The first-order chi connectivity index (χ1) is 13.5. The van der Waals surface area contributed by atoms with Gasteiger partial charge < -0.3 is 14.9 Å². The maximum absolute atomic E-state index is 12.3. The first kappa shape index (κ1) is 21.5. The number of unbranched alkanes of at least 4 members (excludes halogenated alkanes) is 1. The molecule has 0 aliphatic heterocycles. The molecule has 0 amide bonds. The van der Waals surface area contributed by atoms with Gasteiger partial charge in [-0.05, 0) is 42.2 Å². The van der Waals surface area contributed by atoms with E-state index in [4.69, 9.17) is 9.84 Å². The minimum Gasteiger partial charge on any atom is -0.507 e. The molecule has 2 rings (SSSR count). The second-order valence-electron chi connectivity index (χ2n) is 6.88. The Labute approximate surface area is 166 Å². The predicted octanol–water partition coefficient (Wildman–Crippen LogP) is 4.92. The molecular weight excluding hydrogens is 356 g/mol.